The van der Waals surface area contributed by atoms with Crippen LogP contribution in [-0.4, -0.2) is 28.3 Å². The number of nitrogens with zero attached hydrogens (tertiary/aromatic N) is 1. The quantitative estimate of drug-likeness (QED) is 0.189. The molecule has 0 atom stereocenters. The molecule has 0 spiro atoms. The monoisotopic (exact) mass is 565 g/mol. The highest BCUT2D eigenvalue weighted by Gasteiger charge is 2.35. The maximum atomic E-state index is 13.4. The number of halogens is 5. The van der Waals surface area contributed by atoms with Gasteiger partial charge in [-0.3, -0.25) is 9.59 Å². The summed E-state index contributed by atoms with van der Waals surface area (Å²) in [5, 5.41) is 8.85. The summed E-state index contributed by atoms with van der Waals surface area (Å²) in [6.45, 7) is 4.36. The van der Waals surface area contributed by atoms with Crippen LogP contribution in [0.2, 0.25) is 5.02 Å². The maximum Gasteiger partial charge on any atom is 0.417 e. The van der Waals surface area contributed by atoms with E-state index in [9.17, 15) is 22.8 Å². The highest BCUT2D eigenvalue weighted by Crippen LogP contribution is 2.33. The van der Waals surface area contributed by atoms with Crippen molar-refractivity contribution in [3.8, 4) is 0 Å². The molecule has 1 aromatic heterocycles. The van der Waals surface area contributed by atoms with E-state index < -0.39 is 29.1 Å². The summed E-state index contributed by atoms with van der Waals surface area (Å²) in [4.78, 5) is 33.7. The minimum Gasteiger partial charge on any atom is -0.356 e. The molecular formula is C26H24Cl2F3N5O2. The molecule has 4 rings (SSSR count). The number of rotatable bonds is 7. The van der Waals surface area contributed by atoms with Gasteiger partial charge in [0, 0.05) is 22.9 Å². The molecule has 2 amide bonds. The Morgan fingerprint density at radius 1 is 1.00 bits per heavy atom. The first-order valence-corrected chi connectivity index (χ1v) is 11.8. The van der Waals surface area contributed by atoms with E-state index in [-0.39, 0.29) is 23.7 Å². The molecule has 0 bridgehead atoms. The predicted molar refractivity (Wildman–Crippen MR) is 146 cm³/mol. The molecule has 4 aromatic rings. The molecule has 0 aliphatic rings. The van der Waals surface area contributed by atoms with Gasteiger partial charge in [-0.2, -0.15) is 13.2 Å². The molecule has 200 valence electrons. The van der Waals surface area contributed by atoms with Crippen LogP contribution in [0.5, 0.6) is 0 Å². The number of carbonyl (C=O) groups excluding carboxylic acids is 2. The molecule has 0 fully saturated rings. The Bertz CT molecular complexity index is 1490. The lowest BCUT2D eigenvalue weighted by Crippen LogP contribution is -2.19. The number of hydrogen-bond acceptors (Lipinski definition) is 4. The zero-order valence-corrected chi connectivity index (χ0v) is 21.9. The summed E-state index contributed by atoms with van der Waals surface area (Å²) in [5.74, 6) is -1.08. The molecule has 7 nitrogen and oxygen atoms in total. The number of alkyl halides is 3. The zero-order chi connectivity index (χ0) is 26.7. The number of benzene rings is 3. The largest absolute Gasteiger partial charge is 0.417 e. The van der Waals surface area contributed by atoms with E-state index in [1.54, 1.807) is 25.1 Å². The van der Waals surface area contributed by atoms with Crippen LogP contribution in [-0.2, 0) is 6.18 Å². The third-order valence-electron chi connectivity index (χ3n) is 5.62. The van der Waals surface area contributed by atoms with Gasteiger partial charge in [0.05, 0.1) is 22.2 Å². The Labute approximate surface area is 227 Å². The molecule has 0 saturated carbocycles. The highest BCUT2D eigenvalue weighted by molar-refractivity contribution is 6.31. The third-order valence-corrected chi connectivity index (χ3v) is 6.03. The summed E-state index contributed by atoms with van der Waals surface area (Å²) in [5.41, 5.74) is 0.512. The molecule has 0 aliphatic heterocycles. The van der Waals surface area contributed by atoms with Gasteiger partial charge in [0.15, 0.2) is 0 Å². The van der Waals surface area contributed by atoms with Crippen molar-refractivity contribution >= 4 is 64.2 Å². The van der Waals surface area contributed by atoms with E-state index in [4.69, 9.17) is 11.6 Å². The minimum absolute atomic E-state index is 0. The van der Waals surface area contributed by atoms with E-state index in [2.05, 4.69) is 25.9 Å². The summed E-state index contributed by atoms with van der Waals surface area (Å²) in [7, 11) is 0. The van der Waals surface area contributed by atoms with Crippen molar-refractivity contribution in [2.75, 3.05) is 22.5 Å². The second-order valence-corrected chi connectivity index (χ2v) is 8.70. The van der Waals surface area contributed by atoms with Crippen LogP contribution in [0.25, 0.3) is 11.0 Å². The van der Waals surface area contributed by atoms with E-state index in [0.717, 1.165) is 18.6 Å². The number of aromatic amines is 1. The number of hydrogen-bond donors (Lipinski definition) is 4. The Balaban J connectivity index is 0.00000400. The highest BCUT2D eigenvalue weighted by atomic mass is 35.5. The zero-order valence-electron chi connectivity index (χ0n) is 20.3. The van der Waals surface area contributed by atoms with Gasteiger partial charge in [0.1, 0.15) is 5.52 Å². The van der Waals surface area contributed by atoms with Gasteiger partial charge >= 0.3 is 6.18 Å². The second kappa shape index (κ2) is 11.7. The topological polar surface area (TPSA) is 98.9 Å². The number of amides is 2. The van der Waals surface area contributed by atoms with E-state index >= 15 is 0 Å². The SMILES string of the molecule is CCCNc1nc2c(C(=O)Nc3cccc(Cl)c3C)cc(NC(=O)c3ccccc3C(F)(F)F)cc2[nH]1.Cl. The normalized spacial score (nSPS) is 11.1. The second-order valence-electron chi connectivity index (χ2n) is 8.30. The molecule has 0 saturated heterocycles. The first-order chi connectivity index (χ1) is 17.6. The van der Waals surface area contributed by atoms with E-state index in [0.29, 0.717) is 39.8 Å². The van der Waals surface area contributed by atoms with E-state index in [1.165, 1.54) is 24.3 Å². The van der Waals surface area contributed by atoms with Crippen molar-refractivity contribution < 1.29 is 22.8 Å². The van der Waals surface area contributed by atoms with Crippen LogP contribution in [0.3, 0.4) is 0 Å². The average molecular weight is 566 g/mol. The van der Waals surface area contributed by atoms with Gasteiger partial charge in [-0.05, 0) is 55.3 Å². The van der Waals surface area contributed by atoms with Gasteiger partial charge in [0.2, 0.25) is 5.95 Å². The van der Waals surface area contributed by atoms with Crippen LogP contribution in [0.1, 0.15) is 45.2 Å². The molecule has 3 aromatic carbocycles. The number of nitrogens with one attached hydrogen (secondary N) is 4. The lowest BCUT2D eigenvalue weighted by Gasteiger charge is -2.14. The first-order valence-electron chi connectivity index (χ1n) is 11.4. The van der Waals surface area contributed by atoms with Gasteiger partial charge in [-0.15, -0.1) is 12.4 Å². The molecular weight excluding hydrogens is 542 g/mol. The molecule has 0 unspecified atom stereocenters. The Morgan fingerprint density at radius 2 is 1.71 bits per heavy atom. The molecule has 12 heteroatoms. The minimum atomic E-state index is -4.71. The average Bonchev–Trinajstić information content (AvgIpc) is 3.27. The Kier molecular flexibility index (Phi) is 8.90. The van der Waals surface area contributed by atoms with Crippen LogP contribution in [0, 0.1) is 6.92 Å². The van der Waals surface area contributed by atoms with Crippen LogP contribution in [0.4, 0.5) is 30.5 Å². The number of carbonyl (C=O) groups is 2. The van der Waals surface area contributed by atoms with Crippen LogP contribution < -0.4 is 16.0 Å². The summed E-state index contributed by atoms with van der Waals surface area (Å²) in [6, 6.07) is 12.4. The molecule has 4 N–H and O–H groups in total. The third kappa shape index (κ3) is 6.20. The van der Waals surface area contributed by atoms with Crippen LogP contribution in [0.15, 0.2) is 54.6 Å². The molecule has 0 radical (unpaired) electrons. The Hall–Kier alpha value is -3.76. The summed E-state index contributed by atoms with van der Waals surface area (Å²) in [6.07, 6.45) is -3.88. The number of imidazole rings is 1. The van der Waals surface area contributed by atoms with Crippen molar-refractivity contribution in [2.45, 2.75) is 26.4 Å². The maximum absolute atomic E-state index is 13.4. The number of fused-ring (bicyclic) bond motifs is 1. The lowest BCUT2D eigenvalue weighted by atomic mass is 10.1. The first kappa shape index (κ1) is 28.8. The fourth-order valence-electron chi connectivity index (χ4n) is 3.75. The number of H-pyrrole nitrogens is 1. The van der Waals surface area contributed by atoms with E-state index in [1.807, 2.05) is 6.92 Å². The van der Waals surface area contributed by atoms with Crippen molar-refractivity contribution in [1.29, 1.82) is 0 Å². The van der Waals surface area contributed by atoms with Crippen LogP contribution >= 0.6 is 24.0 Å². The number of anilines is 3. The predicted octanol–water partition coefficient (Wildman–Crippen LogP) is 7.29. The fourth-order valence-corrected chi connectivity index (χ4v) is 3.92. The lowest BCUT2D eigenvalue weighted by molar-refractivity contribution is -0.137. The number of aromatic nitrogens is 2. The standard InChI is InChI=1S/C26H23ClF3N5O2.ClH/c1-3-11-31-25-34-21-13-15(32-23(36)16-7-4-5-8-18(16)26(28,29)30)12-17(22(21)35-25)24(37)33-20-10-6-9-19(27)14(20)2;/h4-10,12-13H,3,11H2,1-2H3,(H,32,36)(H,33,37)(H2,31,34,35);1H. The van der Waals surface area contributed by atoms with Gasteiger partial charge in [0.25, 0.3) is 11.8 Å². The molecule has 38 heavy (non-hydrogen) atoms. The van der Waals surface area contributed by atoms with Crippen molar-refractivity contribution in [2.24, 2.45) is 0 Å². The van der Waals surface area contributed by atoms with Gasteiger partial charge in [-0.1, -0.05) is 36.7 Å². The van der Waals surface area contributed by atoms with Crippen molar-refractivity contribution in [3.63, 3.8) is 0 Å². The van der Waals surface area contributed by atoms with Gasteiger partial charge < -0.3 is 20.9 Å². The molecule has 1 heterocycles. The fraction of sp³-hybridized carbons (Fsp3) is 0.192. The summed E-state index contributed by atoms with van der Waals surface area (Å²) >= 11 is 6.17. The summed E-state index contributed by atoms with van der Waals surface area (Å²) < 4.78 is 40.3. The van der Waals surface area contributed by atoms with Crippen molar-refractivity contribution in [3.05, 3.63) is 81.9 Å². The van der Waals surface area contributed by atoms with Crippen molar-refractivity contribution in [1.82, 2.24) is 9.97 Å². The smallest absolute Gasteiger partial charge is 0.356 e. The Morgan fingerprint density at radius 3 is 2.42 bits per heavy atom. The molecule has 0 aliphatic carbocycles. The van der Waals surface area contributed by atoms with Gasteiger partial charge in [-0.25, -0.2) is 4.98 Å².